The molecule has 32 heavy (non-hydrogen) atoms. The number of benzene rings is 1. The number of unbranched alkanes of at least 4 members (excludes halogenated alkanes) is 1. The molecule has 2 aromatic rings. The third kappa shape index (κ3) is 5.40. The molecule has 0 spiro atoms. The zero-order valence-corrected chi connectivity index (χ0v) is 20.5. The van der Waals surface area contributed by atoms with Crippen LogP contribution in [-0.2, 0) is 16.0 Å². The standard InChI is InChI=1S/C26H35FN2O2S/c1-5-7-8-19(6-2)26(31)29(18(3)4)17-24(30)28-15-13-23-22(14-16-32-23)25(28)20-9-11-21(27)12-10-20/h9-12,14,16,18-19,25H,5-8,13,15,17H2,1-4H3. The first-order valence-corrected chi connectivity index (χ1v) is 12.7. The van der Waals surface area contributed by atoms with Crippen LogP contribution in [0.25, 0.3) is 0 Å². The fraction of sp³-hybridized carbons (Fsp3) is 0.538. The molecule has 2 amide bonds. The molecular weight excluding hydrogens is 423 g/mol. The fourth-order valence-corrected chi connectivity index (χ4v) is 5.43. The molecule has 0 saturated heterocycles. The van der Waals surface area contributed by atoms with Gasteiger partial charge in [0.25, 0.3) is 0 Å². The highest BCUT2D eigenvalue weighted by Crippen LogP contribution is 2.38. The minimum Gasteiger partial charge on any atom is -0.331 e. The highest BCUT2D eigenvalue weighted by molar-refractivity contribution is 7.10. The smallest absolute Gasteiger partial charge is 0.243 e. The van der Waals surface area contributed by atoms with Crippen molar-refractivity contribution in [2.45, 2.75) is 71.9 Å². The quantitative estimate of drug-likeness (QED) is 0.475. The molecule has 0 saturated carbocycles. The third-order valence-corrected chi connectivity index (χ3v) is 7.43. The number of amides is 2. The maximum atomic E-state index is 13.6. The summed E-state index contributed by atoms with van der Waals surface area (Å²) in [7, 11) is 0. The maximum absolute atomic E-state index is 13.6. The Balaban J connectivity index is 1.85. The molecular formula is C26H35FN2O2S. The van der Waals surface area contributed by atoms with Crippen molar-refractivity contribution < 1.29 is 14.0 Å². The normalized spacial score (nSPS) is 16.7. The molecule has 1 aliphatic heterocycles. The number of rotatable bonds is 9. The third-order valence-electron chi connectivity index (χ3n) is 6.43. The van der Waals surface area contributed by atoms with Crippen molar-refractivity contribution in [1.82, 2.24) is 9.80 Å². The van der Waals surface area contributed by atoms with Gasteiger partial charge in [-0.05, 0) is 67.8 Å². The molecule has 0 fully saturated rings. The van der Waals surface area contributed by atoms with Crippen LogP contribution in [-0.4, -0.2) is 40.7 Å². The second kappa shape index (κ2) is 11.1. The molecule has 4 nitrogen and oxygen atoms in total. The highest BCUT2D eigenvalue weighted by atomic mass is 32.1. The molecule has 3 rings (SSSR count). The van der Waals surface area contributed by atoms with Crippen LogP contribution in [0.3, 0.4) is 0 Å². The van der Waals surface area contributed by atoms with Crippen molar-refractivity contribution >= 4 is 23.2 Å². The van der Waals surface area contributed by atoms with Crippen LogP contribution in [0.4, 0.5) is 4.39 Å². The summed E-state index contributed by atoms with van der Waals surface area (Å²) in [6.07, 6.45) is 4.53. The Morgan fingerprint density at radius 1 is 1.19 bits per heavy atom. The molecule has 6 heteroatoms. The lowest BCUT2D eigenvalue weighted by Crippen LogP contribution is -2.50. The molecule has 2 atom stereocenters. The van der Waals surface area contributed by atoms with Crippen molar-refractivity contribution in [3.8, 4) is 0 Å². The Kier molecular flexibility index (Phi) is 8.46. The van der Waals surface area contributed by atoms with E-state index in [-0.39, 0.29) is 42.2 Å². The molecule has 0 aliphatic carbocycles. The SMILES string of the molecule is CCCCC(CC)C(=O)N(CC(=O)N1CCc2sccc2C1c1ccc(F)cc1)C(C)C. The van der Waals surface area contributed by atoms with Crippen molar-refractivity contribution in [2.24, 2.45) is 5.92 Å². The lowest BCUT2D eigenvalue weighted by Gasteiger charge is -2.38. The average molecular weight is 459 g/mol. The largest absolute Gasteiger partial charge is 0.331 e. The summed E-state index contributed by atoms with van der Waals surface area (Å²) >= 11 is 1.70. The number of carbonyl (C=O) groups excluding carboxylic acids is 2. The molecule has 0 N–H and O–H groups in total. The second-order valence-electron chi connectivity index (χ2n) is 8.90. The van der Waals surface area contributed by atoms with Crippen molar-refractivity contribution in [2.75, 3.05) is 13.1 Å². The van der Waals surface area contributed by atoms with E-state index in [2.05, 4.69) is 18.4 Å². The van der Waals surface area contributed by atoms with Crippen molar-refractivity contribution in [3.05, 3.63) is 57.5 Å². The molecule has 0 bridgehead atoms. The van der Waals surface area contributed by atoms with E-state index in [1.165, 1.54) is 17.0 Å². The first kappa shape index (κ1) is 24.4. The van der Waals surface area contributed by atoms with Crippen LogP contribution < -0.4 is 0 Å². The van der Waals surface area contributed by atoms with E-state index in [9.17, 15) is 14.0 Å². The Hall–Kier alpha value is -2.21. The van der Waals surface area contributed by atoms with E-state index >= 15 is 0 Å². The number of hydrogen-bond donors (Lipinski definition) is 0. The molecule has 1 aromatic carbocycles. The van der Waals surface area contributed by atoms with E-state index in [1.54, 1.807) is 28.4 Å². The summed E-state index contributed by atoms with van der Waals surface area (Å²) in [5.74, 6) is -0.301. The van der Waals surface area contributed by atoms with Crippen molar-refractivity contribution in [3.63, 3.8) is 0 Å². The van der Waals surface area contributed by atoms with Crippen molar-refractivity contribution in [1.29, 1.82) is 0 Å². The zero-order chi connectivity index (χ0) is 23.3. The minimum atomic E-state index is -0.290. The monoisotopic (exact) mass is 458 g/mol. The summed E-state index contributed by atoms with van der Waals surface area (Å²) in [6, 6.07) is 8.19. The molecule has 2 heterocycles. The number of hydrogen-bond acceptors (Lipinski definition) is 3. The lowest BCUT2D eigenvalue weighted by molar-refractivity contribution is -0.145. The van der Waals surface area contributed by atoms with E-state index in [0.717, 1.165) is 43.2 Å². The van der Waals surface area contributed by atoms with E-state index in [4.69, 9.17) is 0 Å². The van der Waals surface area contributed by atoms with Gasteiger partial charge in [0.05, 0.1) is 6.04 Å². The van der Waals surface area contributed by atoms with Gasteiger partial charge < -0.3 is 9.80 Å². The van der Waals surface area contributed by atoms with E-state index in [0.29, 0.717) is 6.54 Å². The van der Waals surface area contributed by atoms with Crippen LogP contribution in [0.15, 0.2) is 35.7 Å². The fourth-order valence-electron chi connectivity index (χ4n) is 4.53. The predicted molar refractivity (Wildman–Crippen MR) is 128 cm³/mol. The van der Waals surface area contributed by atoms with E-state index in [1.807, 2.05) is 25.7 Å². The molecule has 1 aromatic heterocycles. The number of halogens is 1. The number of fused-ring (bicyclic) bond motifs is 1. The van der Waals surface area contributed by atoms with Gasteiger partial charge in [0.2, 0.25) is 11.8 Å². The molecule has 1 aliphatic rings. The van der Waals surface area contributed by atoms with Crippen LogP contribution >= 0.6 is 11.3 Å². The predicted octanol–water partition coefficient (Wildman–Crippen LogP) is 5.81. The summed E-state index contributed by atoms with van der Waals surface area (Å²) in [5.41, 5.74) is 2.01. The van der Waals surface area contributed by atoms with Gasteiger partial charge in [0.1, 0.15) is 12.4 Å². The van der Waals surface area contributed by atoms with Crippen LogP contribution in [0.5, 0.6) is 0 Å². The number of thiophene rings is 1. The Bertz CT molecular complexity index is 909. The van der Waals surface area contributed by atoms with Crippen LogP contribution in [0.2, 0.25) is 0 Å². The lowest BCUT2D eigenvalue weighted by atomic mass is 9.93. The van der Waals surface area contributed by atoms with Crippen LogP contribution in [0.1, 0.15) is 75.4 Å². The molecule has 2 unspecified atom stereocenters. The maximum Gasteiger partial charge on any atom is 0.243 e. The van der Waals surface area contributed by atoms with Gasteiger partial charge in [-0.25, -0.2) is 4.39 Å². The Morgan fingerprint density at radius 2 is 1.91 bits per heavy atom. The van der Waals surface area contributed by atoms with Gasteiger partial charge in [0, 0.05) is 23.4 Å². The van der Waals surface area contributed by atoms with Gasteiger partial charge in [-0.2, -0.15) is 0 Å². The number of carbonyl (C=O) groups is 2. The summed E-state index contributed by atoms with van der Waals surface area (Å²) < 4.78 is 13.6. The number of nitrogens with zero attached hydrogens (tertiary/aromatic N) is 2. The van der Waals surface area contributed by atoms with Gasteiger partial charge in [-0.3, -0.25) is 9.59 Å². The highest BCUT2D eigenvalue weighted by Gasteiger charge is 2.35. The van der Waals surface area contributed by atoms with Gasteiger partial charge in [0.15, 0.2) is 0 Å². The first-order chi connectivity index (χ1) is 15.4. The van der Waals surface area contributed by atoms with Gasteiger partial charge in [-0.1, -0.05) is 38.8 Å². The Morgan fingerprint density at radius 3 is 2.53 bits per heavy atom. The Labute approximate surface area is 195 Å². The average Bonchev–Trinajstić information content (AvgIpc) is 3.26. The molecule has 0 radical (unpaired) electrons. The van der Waals surface area contributed by atoms with Gasteiger partial charge in [-0.15, -0.1) is 11.3 Å². The zero-order valence-electron chi connectivity index (χ0n) is 19.6. The topological polar surface area (TPSA) is 40.6 Å². The second-order valence-corrected chi connectivity index (χ2v) is 9.90. The summed E-state index contributed by atoms with van der Waals surface area (Å²) in [4.78, 5) is 31.8. The van der Waals surface area contributed by atoms with Gasteiger partial charge >= 0.3 is 0 Å². The molecule has 174 valence electrons. The summed E-state index contributed by atoms with van der Waals surface area (Å²) in [6.45, 7) is 8.81. The first-order valence-electron chi connectivity index (χ1n) is 11.8. The minimum absolute atomic E-state index is 0.0390. The summed E-state index contributed by atoms with van der Waals surface area (Å²) in [5, 5.41) is 2.05. The van der Waals surface area contributed by atoms with E-state index < -0.39 is 0 Å². The van der Waals surface area contributed by atoms with Crippen LogP contribution in [0, 0.1) is 11.7 Å².